The topological polar surface area (TPSA) is 83.3 Å². The number of carbonyl (C=O) groups excluding carboxylic acids is 1. The normalized spacial score (nSPS) is 12.6. The van der Waals surface area contributed by atoms with Gasteiger partial charge in [-0.05, 0) is 63.9 Å². The zero-order valence-corrected chi connectivity index (χ0v) is 24.0. The van der Waals surface area contributed by atoms with Gasteiger partial charge in [0.25, 0.3) is 0 Å². The summed E-state index contributed by atoms with van der Waals surface area (Å²) in [6.07, 6.45) is 9.35. The van der Waals surface area contributed by atoms with Crippen LogP contribution in [0.1, 0.15) is 130 Å². The molecular formula is C29H54N2O3. The summed E-state index contributed by atoms with van der Waals surface area (Å²) in [5, 5.41) is 17.4. The van der Waals surface area contributed by atoms with Crippen LogP contribution < -0.4 is 0 Å². The molecule has 0 radical (unpaired) electrons. The van der Waals surface area contributed by atoms with Crippen LogP contribution in [0, 0.1) is 24.2 Å². The Morgan fingerprint density at radius 2 is 1.62 bits per heavy atom. The molecule has 1 aromatic heterocycles. The van der Waals surface area contributed by atoms with Crippen LogP contribution in [0.15, 0.2) is 11.8 Å². The number of hydrogen-bond donors (Lipinski definition) is 2. The highest BCUT2D eigenvalue weighted by Gasteiger charge is 2.15. The van der Waals surface area contributed by atoms with E-state index in [4.69, 9.17) is 5.11 Å². The highest BCUT2D eigenvalue weighted by atomic mass is 16.3. The molecule has 0 aliphatic heterocycles. The van der Waals surface area contributed by atoms with Gasteiger partial charge in [0, 0.05) is 19.1 Å². The summed E-state index contributed by atoms with van der Waals surface area (Å²) in [4.78, 5) is 21.3. The third-order valence-electron chi connectivity index (χ3n) is 5.71. The number of rotatable bonds is 10. The fourth-order valence-electron chi connectivity index (χ4n) is 2.64. The van der Waals surface area contributed by atoms with E-state index in [2.05, 4.69) is 71.4 Å². The zero-order chi connectivity index (χ0) is 26.9. The van der Waals surface area contributed by atoms with Gasteiger partial charge in [-0.15, -0.1) is 0 Å². The van der Waals surface area contributed by atoms with Gasteiger partial charge >= 0.3 is 0 Å². The number of Topliss-reactive ketones (excluding diaryl/α,β-unsaturated/α-hetero) is 1. The summed E-state index contributed by atoms with van der Waals surface area (Å²) < 4.78 is 0. The number of aryl methyl sites for hydroxylation is 1. The summed E-state index contributed by atoms with van der Waals surface area (Å²) in [6.45, 7) is 22.8. The number of aliphatic hydroxyl groups is 2. The lowest BCUT2D eigenvalue weighted by Gasteiger charge is -2.19. The van der Waals surface area contributed by atoms with Gasteiger partial charge in [-0.2, -0.15) is 0 Å². The molecule has 0 aliphatic rings. The Labute approximate surface area is 210 Å². The molecule has 34 heavy (non-hydrogen) atoms. The Kier molecular flexibility index (Phi) is 19.0. The first kappa shape index (κ1) is 34.6. The van der Waals surface area contributed by atoms with Gasteiger partial charge in [0.05, 0.1) is 17.6 Å². The molecule has 2 N–H and O–H groups in total. The van der Waals surface area contributed by atoms with E-state index in [0.717, 1.165) is 30.7 Å². The quantitative estimate of drug-likeness (QED) is 0.270. The zero-order valence-electron chi connectivity index (χ0n) is 24.0. The molecule has 0 aliphatic carbocycles. The SMILES string of the molecule is C/C(=C\c1ncc(C(=O)CCCCC(CO)C(C)C)nc1C)C(C)(C)C.CC(C)O.CCCC. The van der Waals surface area contributed by atoms with E-state index in [-0.39, 0.29) is 23.9 Å². The number of allylic oxidation sites excluding steroid dienone is 1. The molecule has 5 heteroatoms. The Hall–Kier alpha value is -1.59. The molecule has 1 heterocycles. The molecular weight excluding hydrogens is 424 g/mol. The molecule has 0 fully saturated rings. The van der Waals surface area contributed by atoms with Crippen LogP contribution in [-0.4, -0.2) is 38.7 Å². The monoisotopic (exact) mass is 478 g/mol. The Bertz CT molecular complexity index is 699. The van der Waals surface area contributed by atoms with E-state index in [1.54, 1.807) is 20.0 Å². The van der Waals surface area contributed by atoms with E-state index in [1.807, 2.05) is 6.92 Å². The van der Waals surface area contributed by atoms with Crippen molar-refractivity contribution in [3.63, 3.8) is 0 Å². The average Bonchev–Trinajstić information content (AvgIpc) is 2.73. The van der Waals surface area contributed by atoms with E-state index in [9.17, 15) is 9.90 Å². The highest BCUT2D eigenvalue weighted by Crippen LogP contribution is 2.26. The molecule has 198 valence electrons. The first-order chi connectivity index (χ1) is 15.7. The van der Waals surface area contributed by atoms with Gasteiger partial charge in [0.2, 0.25) is 0 Å². The maximum atomic E-state index is 12.4. The van der Waals surface area contributed by atoms with Crippen molar-refractivity contribution in [1.29, 1.82) is 0 Å². The van der Waals surface area contributed by atoms with Crippen molar-refractivity contribution in [3.8, 4) is 0 Å². The van der Waals surface area contributed by atoms with Gasteiger partial charge in [0.15, 0.2) is 5.78 Å². The molecule has 0 saturated heterocycles. The number of aliphatic hydroxyl groups excluding tert-OH is 2. The first-order valence-electron chi connectivity index (χ1n) is 13.1. The van der Waals surface area contributed by atoms with Crippen molar-refractivity contribution in [3.05, 3.63) is 28.9 Å². The van der Waals surface area contributed by atoms with Gasteiger partial charge in [-0.25, -0.2) is 4.98 Å². The van der Waals surface area contributed by atoms with E-state index in [1.165, 1.54) is 18.4 Å². The lowest BCUT2D eigenvalue weighted by atomic mass is 9.87. The first-order valence-corrected chi connectivity index (χ1v) is 13.1. The molecule has 0 spiro atoms. The second-order valence-electron chi connectivity index (χ2n) is 10.8. The molecule has 1 atom stereocenters. The third-order valence-corrected chi connectivity index (χ3v) is 5.71. The summed E-state index contributed by atoms with van der Waals surface area (Å²) in [6, 6.07) is 0. The predicted octanol–water partition coefficient (Wildman–Crippen LogP) is 7.44. The molecule has 1 unspecified atom stereocenters. The number of hydrogen-bond acceptors (Lipinski definition) is 5. The fourth-order valence-corrected chi connectivity index (χ4v) is 2.64. The smallest absolute Gasteiger partial charge is 0.182 e. The lowest BCUT2D eigenvalue weighted by molar-refractivity contribution is 0.0972. The number of aromatic nitrogens is 2. The largest absolute Gasteiger partial charge is 0.396 e. The summed E-state index contributed by atoms with van der Waals surface area (Å²) in [7, 11) is 0. The number of carbonyl (C=O) groups is 1. The summed E-state index contributed by atoms with van der Waals surface area (Å²) in [5.41, 5.74) is 3.40. The standard InChI is InChI=1S/C22H36N2O2.C4H10.C3H8O/c1-15(2)18(14-25)10-8-9-11-21(26)20-13-23-19(17(4)24-20)12-16(3)22(5,6)7;1-3-4-2;1-3(2)4/h12-13,15,18,25H,8-11,14H2,1-7H3;3-4H2,1-2H3;3-4H,1-2H3/b16-12+;;. The molecule has 0 saturated carbocycles. The third kappa shape index (κ3) is 16.9. The van der Waals surface area contributed by atoms with Crippen molar-refractivity contribution in [2.75, 3.05) is 6.61 Å². The van der Waals surface area contributed by atoms with Crippen LogP contribution in [-0.2, 0) is 0 Å². The van der Waals surface area contributed by atoms with E-state index in [0.29, 0.717) is 24.0 Å². The van der Waals surface area contributed by atoms with Crippen molar-refractivity contribution < 1.29 is 15.0 Å². The predicted molar refractivity (Wildman–Crippen MR) is 146 cm³/mol. The lowest BCUT2D eigenvalue weighted by Crippen LogP contribution is -2.13. The van der Waals surface area contributed by atoms with Gasteiger partial charge in [-0.3, -0.25) is 9.78 Å². The Morgan fingerprint density at radius 1 is 1.09 bits per heavy atom. The van der Waals surface area contributed by atoms with Crippen molar-refractivity contribution in [1.82, 2.24) is 9.97 Å². The summed E-state index contributed by atoms with van der Waals surface area (Å²) in [5.74, 6) is 0.847. The molecule has 1 rings (SSSR count). The van der Waals surface area contributed by atoms with E-state index < -0.39 is 0 Å². The average molecular weight is 479 g/mol. The number of unbranched alkanes of at least 4 members (excludes halogenated alkanes) is 2. The van der Waals surface area contributed by atoms with Crippen LogP contribution >= 0.6 is 0 Å². The number of nitrogens with zero attached hydrogens (tertiary/aromatic N) is 2. The van der Waals surface area contributed by atoms with Crippen molar-refractivity contribution in [2.45, 2.75) is 121 Å². The van der Waals surface area contributed by atoms with E-state index >= 15 is 0 Å². The molecule has 5 nitrogen and oxygen atoms in total. The fraction of sp³-hybridized carbons (Fsp3) is 0.759. The van der Waals surface area contributed by atoms with Crippen molar-refractivity contribution >= 4 is 11.9 Å². The molecule has 0 amide bonds. The van der Waals surface area contributed by atoms with Crippen LogP contribution in [0.4, 0.5) is 0 Å². The minimum atomic E-state index is -0.167. The number of ketones is 1. The van der Waals surface area contributed by atoms with Crippen molar-refractivity contribution in [2.24, 2.45) is 17.3 Å². The van der Waals surface area contributed by atoms with Crippen LogP contribution in [0.2, 0.25) is 0 Å². The summed E-state index contributed by atoms with van der Waals surface area (Å²) >= 11 is 0. The van der Waals surface area contributed by atoms with Gasteiger partial charge in [-0.1, -0.05) is 73.3 Å². The van der Waals surface area contributed by atoms with Gasteiger partial charge < -0.3 is 10.2 Å². The van der Waals surface area contributed by atoms with Crippen LogP contribution in [0.25, 0.3) is 6.08 Å². The maximum absolute atomic E-state index is 12.4. The highest BCUT2D eigenvalue weighted by molar-refractivity contribution is 5.94. The Morgan fingerprint density at radius 3 is 2.00 bits per heavy atom. The van der Waals surface area contributed by atoms with Gasteiger partial charge in [0.1, 0.15) is 5.69 Å². The second-order valence-corrected chi connectivity index (χ2v) is 10.8. The minimum absolute atomic E-state index is 0.0498. The van der Waals surface area contributed by atoms with Crippen LogP contribution in [0.3, 0.4) is 0 Å². The molecule has 1 aromatic rings. The second kappa shape index (κ2) is 18.7. The maximum Gasteiger partial charge on any atom is 0.182 e. The molecule has 0 bridgehead atoms. The van der Waals surface area contributed by atoms with Crippen LogP contribution in [0.5, 0.6) is 0 Å². The minimum Gasteiger partial charge on any atom is -0.396 e. The Balaban J connectivity index is 0. The molecule has 0 aromatic carbocycles.